The van der Waals surface area contributed by atoms with Gasteiger partial charge in [0.1, 0.15) is 9.52 Å². The lowest BCUT2D eigenvalue weighted by molar-refractivity contribution is 0.144. The molecule has 0 N–H and O–H groups in total. The Labute approximate surface area is 91.9 Å². The van der Waals surface area contributed by atoms with Crippen molar-refractivity contribution in [1.29, 1.82) is 5.26 Å². The van der Waals surface area contributed by atoms with Crippen LogP contribution < -0.4 is 0 Å². The summed E-state index contributed by atoms with van der Waals surface area (Å²) in [5.74, 6) is -1.01. The van der Waals surface area contributed by atoms with E-state index in [4.69, 9.17) is 5.26 Å². The molecule has 0 aliphatic heterocycles. The third kappa shape index (κ3) is 2.35. The van der Waals surface area contributed by atoms with Gasteiger partial charge < -0.3 is 0 Å². The summed E-state index contributed by atoms with van der Waals surface area (Å²) in [5.41, 5.74) is -0.959. The molecular weight excluding hydrogens is 308 g/mol. The molecule has 1 aromatic heterocycles. The van der Waals surface area contributed by atoms with Gasteiger partial charge in [-0.3, -0.25) is 0 Å². The smallest absolute Gasteiger partial charge is 0.245 e. The fourth-order valence-corrected chi connectivity index (χ4v) is 1.55. The highest BCUT2D eigenvalue weighted by Gasteiger charge is 2.20. The molecule has 14 heavy (non-hydrogen) atoms. The molecule has 0 radical (unpaired) electrons. The van der Waals surface area contributed by atoms with Gasteiger partial charge >= 0.3 is 0 Å². The molecule has 1 rings (SSSR count). The van der Waals surface area contributed by atoms with E-state index in [0.717, 1.165) is 6.07 Å². The number of hydrogen-bond acceptors (Lipinski definition) is 2. The van der Waals surface area contributed by atoms with E-state index in [9.17, 15) is 13.2 Å². The summed E-state index contributed by atoms with van der Waals surface area (Å²) >= 11 is 1.71. The fraction of sp³-hybridized carbons (Fsp3) is 0.250. The molecule has 0 atom stereocenters. The first-order valence-electron chi connectivity index (χ1n) is 3.56. The Bertz CT molecular complexity index is 387. The van der Waals surface area contributed by atoms with Crippen LogP contribution in [0.2, 0.25) is 0 Å². The van der Waals surface area contributed by atoms with E-state index in [1.807, 2.05) is 0 Å². The normalized spacial score (nSPS) is 10.3. The average molecular weight is 312 g/mol. The number of halogens is 4. The molecule has 0 aromatic carbocycles. The van der Waals surface area contributed by atoms with Crippen molar-refractivity contribution in [2.75, 3.05) is 0 Å². The van der Waals surface area contributed by atoms with Crippen molar-refractivity contribution in [3.8, 4) is 6.07 Å². The molecule has 1 aromatic rings. The number of alkyl halides is 2. The van der Waals surface area contributed by atoms with Gasteiger partial charge in [0, 0.05) is 6.07 Å². The number of aromatic nitrogens is 1. The lowest BCUT2D eigenvalue weighted by Crippen LogP contribution is -2.03. The molecule has 0 aliphatic carbocycles. The zero-order valence-electron chi connectivity index (χ0n) is 6.77. The summed E-state index contributed by atoms with van der Waals surface area (Å²) in [5, 5.41) is 8.35. The van der Waals surface area contributed by atoms with Crippen LogP contribution in [-0.4, -0.2) is 4.98 Å². The van der Waals surface area contributed by atoms with Gasteiger partial charge in [0.15, 0.2) is 0 Å². The Morgan fingerprint density at radius 2 is 2.21 bits per heavy atom. The van der Waals surface area contributed by atoms with Crippen molar-refractivity contribution in [1.82, 2.24) is 4.98 Å². The van der Waals surface area contributed by atoms with Crippen molar-refractivity contribution >= 4 is 22.6 Å². The Kier molecular flexibility index (Phi) is 3.69. The molecule has 0 saturated carbocycles. The van der Waals surface area contributed by atoms with E-state index >= 15 is 0 Å². The third-order valence-corrected chi connectivity index (χ3v) is 2.07. The predicted octanol–water partition coefficient (Wildman–Crippen LogP) is 2.83. The molecule has 0 bridgehead atoms. The van der Waals surface area contributed by atoms with Crippen molar-refractivity contribution in [3.63, 3.8) is 0 Å². The topological polar surface area (TPSA) is 36.7 Å². The van der Waals surface area contributed by atoms with Crippen LogP contribution in [0.15, 0.2) is 6.07 Å². The summed E-state index contributed by atoms with van der Waals surface area (Å²) in [6.07, 6.45) is -3.25. The maximum Gasteiger partial charge on any atom is 0.268 e. The summed E-state index contributed by atoms with van der Waals surface area (Å²) in [6, 6.07) is 2.59. The first kappa shape index (κ1) is 11.2. The first-order chi connectivity index (χ1) is 6.56. The Morgan fingerprint density at radius 3 is 2.71 bits per heavy atom. The van der Waals surface area contributed by atoms with E-state index in [1.165, 1.54) is 0 Å². The second-order valence-electron chi connectivity index (χ2n) is 2.42. The van der Waals surface area contributed by atoms with Crippen LogP contribution in [0, 0.1) is 20.8 Å². The highest BCUT2D eigenvalue weighted by molar-refractivity contribution is 14.1. The Balaban J connectivity index is 3.30. The first-order valence-corrected chi connectivity index (χ1v) is 4.64. The Hall–Kier alpha value is -0.840. The molecule has 2 nitrogen and oxygen atoms in total. The molecule has 0 amide bonds. The monoisotopic (exact) mass is 312 g/mol. The minimum atomic E-state index is -2.94. The summed E-state index contributed by atoms with van der Waals surface area (Å²) in [4.78, 5) is 3.69. The van der Waals surface area contributed by atoms with Crippen LogP contribution in [0.3, 0.4) is 0 Å². The summed E-state index contributed by atoms with van der Waals surface area (Å²) in [7, 11) is 0. The second-order valence-corrected chi connectivity index (χ2v) is 3.53. The molecule has 74 valence electrons. The van der Waals surface area contributed by atoms with Gasteiger partial charge in [0.2, 0.25) is 0 Å². The van der Waals surface area contributed by atoms with Crippen molar-refractivity contribution < 1.29 is 13.2 Å². The lowest BCUT2D eigenvalue weighted by Gasteiger charge is -2.06. The highest BCUT2D eigenvalue weighted by Crippen LogP contribution is 2.26. The molecule has 6 heteroatoms. The fourth-order valence-electron chi connectivity index (χ4n) is 0.981. The molecule has 0 unspecified atom stereocenters. The third-order valence-electron chi connectivity index (χ3n) is 1.52. The predicted molar refractivity (Wildman–Crippen MR) is 51.2 cm³/mol. The maximum atomic E-state index is 13.1. The number of nitrogens with zero attached hydrogens (tertiary/aromatic N) is 2. The molecule has 0 saturated heterocycles. The van der Waals surface area contributed by atoms with Crippen LogP contribution in [0.4, 0.5) is 13.2 Å². The van der Waals surface area contributed by atoms with Crippen LogP contribution in [-0.2, 0) is 6.42 Å². The average Bonchev–Trinajstić information content (AvgIpc) is 2.01. The number of hydrogen-bond donors (Lipinski definition) is 0. The second kappa shape index (κ2) is 4.59. The minimum absolute atomic E-state index is 0.188. The number of nitriles is 1. The van der Waals surface area contributed by atoms with Gasteiger partial charge in [-0.05, 0) is 22.6 Å². The standard InChI is InChI=1S/C8H4F3IN2/c9-4-3-6(12)14-5(1-2-13)7(4)8(10)11/h3,8H,1H2. The lowest BCUT2D eigenvalue weighted by atomic mass is 10.1. The zero-order chi connectivity index (χ0) is 10.7. The van der Waals surface area contributed by atoms with Gasteiger partial charge in [-0.25, -0.2) is 18.2 Å². The molecule has 0 fully saturated rings. The van der Waals surface area contributed by atoms with Gasteiger partial charge in [0.25, 0.3) is 6.43 Å². The number of pyridine rings is 1. The van der Waals surface area contributed by atoms with Crippen LogP contribution in [0.1, 0.15) is 17.7 Å². The van der Waals surface area contributed by atoms with Gasteiger partial charge in [-0.1, -0.05) is 0 Å². The summed E-state index contributed by atoms with van der Waals surface area (Å²) < 4.78 is 38.0. The van der Waals surface area contributed by atoms with Crippen molar-refractivity contribution in [2.45, 2.75) is 12.8 Å². The molecule has 0 aliphatic rings. The zero-order valence-corrected chi connectivity index (χ0v) is 8.93. The molecule has 1 heterocycles. The quantitative estimate of drug-likeness (QED) is 0.622. The largest absolute Gasteiger partial charge is 0.268 e. The van der Waals surface area contributed by atoms with Crippen molar-refractivity contribution in [3.05, 3.63) is 26.8 Å². The van der Waals surface area contributed by atoms with E-state index in [2.05, 4.69) is 4.98 Å². The Morgan fingerprint density at radius 1 is 1.57 bits per heavy atom. The van der Waals surface area contributed by atoms with E-state index in [-0.39, 0.29) is 15.8 Å². The SMILES string of the molecule is N#CCc1nc(I)cc(F)c1C(F)F. The van der Waals surface area contributed by atoms with E-state index in [0.29, 0.717) is 0 Å². The molecular formula is C8H4F3IN2. The van der Waals surface area contributed by atoms with Crippen LogP contribution >= 0.6 is 22.6 Å². The number of rotatable bonds is 2. The van der Waals surface area contributed by atoms with E-state index in [1.54, 1.807) is 28.7 Å². The van der Waals surface area contributed by atoms with Crippen molar-refractivity contribution in [2.24, 2.45) is 0 Å². The molecule has 0 spiro atoms. The minimum Gasteiger partial charge on any atom is -0.245 e. The van der Waals surface area contributed by atoms with Gasteiger partial charge in [0.05, 0.1) is 23.7 Å². The maximum absolute atomic E-state index is 13.1. The van der Waals surface area contributed by atoms with E-state index < -0.39 is 17.8 Å². The van der Waals surface area contributed by atoms with Crippen LogP contribution in [0.25, 0.3) is 0 Å². The van der Waals surface area contributed by atoms with Gasteiger partial charge in [-0.15, -0.1) is 0 Å². The highest BCUT2D eigenvalue weighted by atomic mass is 127. The van der Waals surface area contributed by atoms with Gasteiger partial charge in [-0.2, -0.15) is 5.26 Å². The summed E-state index contributed by atoms with van der Waals surface area (Å²) in [6.45, 7) is 0. The van der Waals surface area contributed by atoms with Crippen LogP contribution in [0.5, 0.6) is 0 Å².